The Hall–Kier alpha value is -3.16. The summed E-state index contributed by atoms with van der Waals surface area (Å²) >= 11 is 6.03. The summed E-state index contributed by atoms with van der Waals surface area (Å²) in [6.07, 6.45) is 2.36. The minimum atomic E-state index is -0.335. The molecule has 30 heavy (non-hydrogen) atoms. The number of amides is 1. The van der Waals surface area contributed by atoms with Crippen LogP contribution >= 0.6 is 11.6 Å². The van der Waals surface area contributed by atoms with Gasteiger partial charge in [0.05, 0.1) is 5.39 Å². The van der Waals surface area contributed by atoms with Crippen molar-refractivity contribution in [2.45, 2.75) is 19.9 Å². The highest BCUT2D eigenvalue weighted by Gasteiger charge is 2.20. The third-order valence-corrected chi connectivity index (χ3v) is 5.17. The van der Waals surface area contributed by atoms with E-state index in [4.69, 9.17) is 21.3 Å². The number of rotatable bonds is 6. The second-order valence-electron chi connectivity index (χ2n) is 7.03. The van der Waals surface area contributed by atoms with Crippen LogP contribution in [0.2, 0.25) is 5.02 Å². The van der Waals surface area contributed by atoms with E-state index in [1.165, 1.54) is 4.40 Å². The predicted molar refractivity (Wildman–Crippen MR) is 118 cm³/mol. The minimum absolute atomic E-state index is 0.207. The molecule has 0 aliphatic heterocycles. The highest BCUT2D eigenvalue weighted by molar-refractivity contribution is 6.31. The van der Waals surface area contributed by atoms with Crippen LogP contribution in [0.1, 0.15) is 22.5 Å². The fourth-order valence-electron chi connectivity index (χ4n) is 3.50. The third kappa shape index (κ3) is 3.69. The van der Waals surface area contributed by atoms with Crippen LogP contribution < -0.4 is 10.9 Å². The van der Waals surface area contributed by atoms with E-state index in [0.717, 1.165) is 5.56 Å². The molecule has 1 aromatic carbocycles. The first kappa shape index (κ1) is 20.1. The summed E-state index contributed by atoms with van der Waals surface area (Å²) in [4.78, 5) is 30.9. The van der Waals surface area contributed by atoms with Crippen LogP contribution in [0.3, 0.4) is 0 Å². The molecule has 1 N–H and O–H groups in total. The Morgan fingerprint density at radius 3 is 2.80 bits per heavy atom. The number of carbonyl (C=O) groups is 1. The Morgan fingerprint density at radius 1 is 1.20 bits per heavy atom. The number of aromatic nitrogens is 3. The number of fused-ring (bicyclic) bond motifs is 2. The molecule has 4 rings (SSSR count). The molecule has 0 atom stereocenters. The standard InChI is InChI=1S/C22H21ClN4O3/c1-14-6-4-9-27-19(14)25-20-17(22(27)29)13-18(26(20)10-5-11-30-2)21(28)24-16-8-3-7-15(23)12-16/h3-4,6-9,12-13H,5,10-11H2,1-2H3,(H,24,28). The molecular weight excluding hydrogens is 404 g/mol. The molecule has 0 bridgehead atoms. The smallest absolute Gasteiger partial charge is 0.272 e. The first-order valence-corrected chi connectivity index (χ1v) is 9.94. The number of methoxy groups -OCH3 is 1. The van der Waals surface area contributed by atoms with Gasteiger partial charge in [0.15, 0.2) is 0 Å². The van der Waals surface area contributed by atoms with E-state index in [9.17, 15) is 9.59 Å². The molecule has 8 heteroatoms. The summed E-state index contributed by atoms with van der Waals surface area (Å²) in [5.41, 5.74) is 2.67. The molecule has 0 fully saturated rings. The zero-order valence-electron chi connectivity index (χ0n) is 16.7. The number of hydrogen-bond donors (Lipinski definition) is 1. The fraction of sp³-hybridized carbons (Fsp3) is 0.227. The van der Waals surface area contributed by atoms with Crippen molar-refractivity contribution in [1.82, 2.24) is 14.0 Å². The second kappa shape index (κ2) is 8.30. The van der Waals surface area contributed by atoms with E-state index in [-0.39, 0.29) is 11.5 Å². The summed E-state index contributed by atoms with van der Waals surface area (Å²) in [6.45, 7) is 2.92. The summed E-state index contributed by atoms with van der Waals surface area (Å²) in [6, 6.07) is 12.2. The van der Waals surface area contributed by atoms with Crippen LogP contribution in [-0.2, 0) is 11.3 Å². The lowest BCUT2D eigenvalue weighted by molar-refractivity contribution is 0.101. The lowest BCUT2D eigenvalue weighted by Gasteiger charge is -2.11. The van der Waals surface area contributed by atoms with Crippen molar-refractivity contribution >= 4 is 39.9 Å². The van der Waals surface area contributed by atoms with E-state index >= 15 is 0 Å². The molecule has 0 spiro atoms. The van der Waals surface area contributed by atoms with Gasteiger partial charge in [-0.2, -0.15) is 0 Å². The van der Waals surface area contributed by atoms with Crippen molar-refractivity contribution in [3.05, 3.63) is 75.3 Å². The molecule has 0 saturated carbocycles. The van der Waals surface area contributed by atoms with Gasteiger partial charge in [-0.05, 0) is 49.2 Å². The quantitative estimate of drug-likeness (QED) is 0.476. The van der Waals surface area contributed by atoms with Crippen molar-refractivity contribution in [3.8, 4) is 0 Å². The van der Waals surface area contributed by atoms with Crippen molar-refractivity contribution in [1.29, 1.82) is 0 Å². The maximum absolute atomic E-state index is 13.1. The molecule has 4 aromatic rings. The second-order valence-corrected chi connectivity index (χ2v) is 7.47. The Bertz CT molecular complexity index is 1310. The molecule has 3 aromatic heterocycles. The van der Waals surface area contributed by atoms with Crippen LogP contribution in [0.25, 0.3) is 16.7 Å². The highest BCUT2D eigenvalue weighted by atomic mass is 35.5. The number of ether oxygens (including phenoxy) is 1. The lowest BCUT2D eigenvalue weighted by Crippen LogP contribution is -2.18. The Balaban J connectivity index is 1.86. The topological polar surface area (TPSA) is 77.6 Å². The normalized spacial score (nSPS) is 11.3. The predicted octanol–water partition coefficient (Wildman–Crippen LogP) is 3.90. The molecule has 0 unspecified atom stereocenters. The van der Waals surface area contributed by atoms with Gasteiger partial charge in [-0.15, -0.1) is 0 Å². The van der Waals surface area contributed by atoms with Gasteiger partial charge in [0.1, 0.15) is 17.0 Å². The van der Waals surface area contributed by atoms with Gasteiger partial charge in [0.25, 0.3) is 11.5 Å². The van der Waals surface area contributed by atoms with Gasteiger partial charge in [0, 0.05) is 37.2 Å². The Labute approximate surface area is 177 Å². The van der Waals surface area contributed by atoms with Crippen LogP contribution in [0.15, 0.2) is 53.5 Å². The summed E-state index contributed by atoms with van der Waals surface area (Å²) in [7, 11) is 1.63. The van der Waals surface area contributed by atoms with Crippen LogP contribution in [0, 0.1) is 6.92 Å². The molecule has 0 saturated heterocycles. The van der Waals surface area contributed by atoms with Crippen molar-refractivity contribution in [2.24, 2.45) is 0 Å². The number of aryl methyl sites for hydroxylation is 2. The summed E-state index contributed by atoms with van der Waals surface area (Å²) < 4.78 is 8.45. The maximum atomic E-state index is 13.1. The molecule has 1 amide bonds. The number of halogens is 1. The van der Waals surface area contributed by atoms with Crippen LogP contribution in [0.5, 0.6) is 0 Å². The van der Waals surface area contributed by atoms with Crippen molar-refractivity contribution < 1.29 is 9.53 Å². The fourth-order valence-corrected chi connectivity index (χ4v) is 3.69. The van der Waals surface area contributed by atoms with E-state index in [2.05, 4.69) is 5.32 Å². The van der Waals surface area contributed by atoms with Gasteiger partial charge in [-0.1, -0.05) is 23.7 Å². The van der Waals surface area contributed by atoms with Crippen molar-refractivity contribution in [2.75, 3.05) is 19.0 Å². The highest BCUT2D eigenvalue weighted by Crippen LogP contribution is 2.21. The average molecular weight is 425 g/mol. The van der Waals surface area contributed by atoms with E-state index in [1.807, 2.05) is 13.0 Å². The Kier molecular flexibility index (Phi) is 5.57. The largest absolute Gasteiger partial charge is 0.385 e. The molecule has 7 nitrogen and oxygen atoms in total. The third-order valence-electron chi connectivity index (χ3n) is 4.94. The Morgan fingerprint density at radius 2 is 2.03 bits per heavy atom. The molecular formula is C22H21ClN4O3. The molecule has 154 valence electrons. The molecule has 3 heterocycles. The lowest BCUT2D eigenvalue weighted by atomic mass is 10.2. The number of benzene rings is 1. The number of hydrogen-bond acceptors (Lipinski definition) is 4. The molecule has 0 radical (unpaired) electrons. The number of nitrogens with one attached hydrogen (secondary N) is 1. The minimum Gasteiger partial charge on any atom is -0.385 e. The molecule has 0 aliphatic carbocycles. The maximum Gasteiger partial charge on any atom is 0.272 e. The van der Waals surface area contributed by atoms with Gasteiger partial charge in [-0.3, -0.25) is 14.0 Å². The number of anilines is 1. The monoisotopic (exact) mass is 424 g/mol. The SMILES string of the molecule is COCCCn1c(C(=O)Nc2cccc(Cl)c2)cc2c(=O)n3cccc(C)c3nc21. The average Bonchev–Trinajstić information content (AvgIpc) is 3.08. The first-order chi connectivity index (χ1) is 14.5. The summed E-state index contributed by atoms with van der Waals surface area (Å²) in [5, 5.41) is 3.77. The summed E-state index contributed by atoms with van der Waals surface area (Å²) in [5.74, 6) is -0.335. The zero-order chi connectivity index (χ0) is 21.3. The van der Waals surface area contributed by atoms with Crippen LogP contribution in [0.4, 0.5) is 5.69 Å². The molecule has 0 aliphatic rings. The van der Waals surface area contributed by atoms with Crippen molar-refractivity contribution in [3.63, 3.8) is 0 Å². The number of pyridine rings is 1. The van der Waals surface area contributed by atoms with E-state index < -0.39 is 0 Å². The number of nitrogens with zero attached hydrogens (tertiary/aromatic N) is 3. The number of carbonyl (C=O) groups excluding carboxylic acids is 1. The van der Waals surface area contributed by atoms with Gasteiger partial charge in [-0.25, -0.2) is 4.98 Å². The van der Waals surface area contributed by atoms with Gasteiger partial charge >= 0.3 is 0 Å². The first-order valence-electron chi connectivity index (χ1n) is 9.56. The van der Waals surface area contributed by atoms with E-state index in [1.54, 1.807) is 54.3 Å². The van der Waals surface area contributed by atoms with E-state index in [0.29, 0.717) is 52.7 Å². The van der Waals surface area contributed by atoms with Crippen LogP contribution in [-0.4, -0.2) is 33.6 Å². The van der Waals surface area contributed by atoms with Gasteiger partial charge in [0.2, 0.25) is 0 Å². The van der Waals surface area contributed by atoms with Gasteiger partial charge < -0.3 is 14.6 Å². The zero-order valence-corrected chi connectivity index (χ0v) is 17.4.